The van der Waals surface area contributed by atoms with E-state index in [1.165, 1.54) is 0 Å². The Labute approximate surface area is 70.9 Å². The molecule has 1 N–H and O–H groups in total. The fourth-order valence-corrected chi connectivity index (χ4v) is 1.26. The molecule has 1 rings (SSSR count). The van der Waals surface area contributed by atoms with Gasteiger partial charge in [0.15, 0.2) is 0 Å². The second-order valence-electron chi connectivity index (χ2n) is 2.47. The lowest BCUT2D eigenvalue weighted by Crippen LogP contribution is -2.18. The first-order valence-corrected chi connectivity index (χ1v) is 3.89. The van der Waals surface area contributed by atoms with E-state index in [9.17, 15) is 4.79 Å². The Kier molecular flexibility index (Phi) is 2.71. The van der Waals surface area contributed by atoms with Gasteiger partial charge in [0, 0.05) is 16.6 Å². The van der Waals surface area contributed by atoms with Crippen LogP contribution in [0, 0.1) is 5.92 Å². The van der Waals surface area contributed by atoms with Crippen molar-refractivity contribution in [2.24, 2.45) is 5.92 Å². The van der Waals surface area contributed by atoms with Gasteiger partial charge in [-0.05, 0) is 6.42 Å². The second kappa shape index (κ2) is 3.58. The van der Waals surface area contributed by atoms with Crippen molar-refractivity contribution in [2.45, 2.75) is 13.3 Å². The smallest absolute Gasteiger partial charge is 0.211 e. The number of hydrogen-bond acceptors (Lipinski definition) is 1. The van der Waals surface area contributed by atoms with Crippen LogP contribution in [0.2, 0.25) is 0 Å². The van der Waals surface area contributed by atoms with Gasteiger partial charge in [0.1, 0.15) is 0 Å². The molecule has 0 spiro atoms. The zero-order valence-electron chi connectivity index (χ0n) is 6.30. The van der Waals surface area contributed by atoms with Crippen molar-refractivity contribution in [3.63, 3.8) is 0 Å². The lowest BCUT2D eigenvalue weighted by Gasteiger charge is -2.17. The van der Waals surface area contributed by atoms with E-state index < -0.39 is 0 Å². The number of carbonyl (C=O) groups excluding carboxylic acids is 1. The highest BCUT2D eigenvalue weighted by atomic mass is 35.5. The maximum absolute atomic E-state index is 10.1. The molecule has 2 nitrogen and oxygen atoms in total. The summed E-state index contributed by atoms with van der Waals surface area (Å²) in [6, 6.07) is 0. The van der Waals surface area contributed by atoms with Crippen LogP contribution in [0.1, 0.15) is 13.3 Å². The van der Waals surface area contributed by atoms with Crippen LogP contribution in [0.15, 0.2) is 22.9 Å². The normalized spacial score (nSPS) is 23.6. The van der Waals surface area contributed by atoms with E-state index in [2.05, 4.69) is 5.32 Å². The van der Waals surface area contributed by atoms with Gasteiger partial charge in [-0.15, -0.1) is 0 Å². The van der Waals surface area contributed by atoms with Crippen molar-refractivity contribution < 1.29 is 4.79 Å². The van der Waals surface area contributed by atoms with E-state index in [1.807, 2.05) is 19.1 Å². The predicted octanol–water partition coefficient (Wildman–Crippen LogP) is 1.78. The third-order valence-electron chi connectivity index (χ3n) is 1.76. The van der Waals surface area contributed by atoms with Crippen LogP contribution in [0.4, 0.5) is 0 Å². The molecule has 0 heterocycles. The number of rotatable bonds is 2. The summed E-state index contributed by atoms with van der Waals surface area (Å²) in [5, 5.41) is 3.42. The van der Waals surface area contributed by atoms with Gasteiger partial charge >= 0.3 is 0 Å². The van der Waals surface area contributed by atoms with Crippen molar-refractivity contribution in [1.29, 1.82) is 0 Å². The molecule has 1 unspecified atom stereocenters. The molecular formula is C8H10ClNO. The van der Waals surface area contributed by atoms with Crippen LogP contribution >= 0.6 is 11.6 Å². The number of hydrogen-bond donors (Lipinski definition) is 1. The minimum Gasteiger partial charge on any atom is -0.332 e. The molecule has 0 radical (unpaired) electrons. The van der Waals surface area contributed by atoms with Crippen molar-refractivity contribution in [1.82, 2.24) is 5.32 Å². The Bertz CT molecular complexity index is 220. The van der Waals surface area contributed by atoms with E-state index in [0.717, 1.165) is 17.2 Å². The van der Waals surface area contributed by atoms with Crippen LogP contribution in [0.25, 0.3) is 0 Å². The van der Waals surface area contributed by atoms with Gasteiger partial charge in [-0.3, -0.25) is 4.79 Å². The largest absolute Gasteiger partial charge is 0.332 e. The van der Waals surface area contributed by atoms with Crippen molar-refractivity contribution in [3.8, 4) is 0 Å². The lowest BCUT2D eigenvalue weighted by atomic mass is 10.0. The third kappa shape index (κ3) is 1.84. The standard InChI is InChI=1S/C8H10ClNO/c1-6-7(9)3-2-4-8(6)10-5-11/h3-6H,2H2,1H3,(H,10,11). The highest BCUT2D eigenvalue weighted by molar-refractivity contribution is 6.30. The molecule has 1 atom stereocenters. The summed E-state index contributed by atoms with van der Waals surface area (Å²) in [5.41, 5.74) is 0.896. The number of nitrogens with one attached hydrogen (secondary N) is 1. The Balaban J connectivity index is 2.67. The van der Waals surface area contributed by atoms with E-state index >= 15 is 0 Å². The number of allylic oxidation sites excluding steroid dienone is 3. The average Bonchev–Trinajstić information content (AvgIpc) is 1.99. The first kappa shape index (κ1) is 8.34. The molecule has 0 saturated heterocycles. The molecule has 1 aliphatic carbocycles. The molecule has 60 valence electrons. The van der Waals surface area contributed by atoms with Gasteiger partial charge in [0.25, 0.3) is 0 Å². The van der Waals surface area contributed by atoms with Gasteiger partial charge in [0.05, 0.1) is 0 Å². The molecule has 0 saturated carbocycles. The van der Waals surface area contributed by atoms with Crippen molar-refractivity contribution in [3.05, 3.63) is 22.9 Å². The minimum absolute atomic E-state index is 0.135. The molecule has 0 aromatic carbocycles. The average molecular weight is 172 g/mol. The van der Waals surface area contributed by atoms with E-state index in [1.54, 1.807) is 0 Å². The van der Waals surface area contributed by atoms with E-state index in [0.29, 0.717) is 6.41 Å². The zero-order chi connectivity index (χ0) is 8.27. The Hall–Kier alpha value is -0.760. The second-order valence-corrected chi connectivity index (χ2v) is 2.90. The minimum atomic E-state index is 0.135. The molecule has 3 heteroatoms. The van der Waals surface area contributed by atoms with Gasteiger partial charge < -0.3 is 5.32 Å². The maximum atomic E-state index is 10.1. The fraction of sp³-hybridized carbons (Fsp3) is 0.375. The van der Waals surface area contributed by atoms with Crippen LogP contribution in [-0.2, 0) is 4.79 Å². The van der Waals surface area contributed by atoms with Crippen molar-refractivity contribution in [2.75, 3.05) is 0 Å². The highest BCUT2D eigenvalue weighted by Crippen LogP contribution is 2.25. The zero-order valence-corrected chi connectivity index (χ0v) is 7.06. The topological polar surface area (TPSA) is 29.1 Å². The molecule has 0 aliphatic heterocycles. The molecular weight excluding hydrogens is 162 g/mol. The summed E-state index contributed by atoms with van der Waals surface area (Å²) in [5.74, 6) is 0.135. The molecule has 0 bridgehead atoms. The predicted molar refractivity (Wildman–Crippen MR) is 45.0 cm³/mol. The molecule has 0 fully saturated rings. The summed E-state index contributed by atoms with van der Waals surface area (Å²) in [4.78, 5) is 10.1. The van der Waals surface area contributed by atoms with Gasteiger partial charge in [-0.2, -0.15) is 0 Å². The quantitative estimate of drug-likeness (QED) is 0.631. The molecule has 0 aromatic heterocycles. The Morgan fingerprint density at radius 1 is 1.73 bits per heavy atom. The van der Waals surface area contributed by atoms with E-state index in [4.69, 9.17) is 11.6 Å². The molecule has 0 aromatic rings. The van der Waals surface area contributed by atoms with Crippen LogP contribution in [-0.4, -0.2) is 6.41 Å². The monoisotopic (exact) mass is 171 g/mol. The van der Waals surface area contributed by atoms with Gasteiger partial charge in [0.2, 0.25) is 6.41 Å². The summed E-state index contributed by atoms with van der Waals surface area (Å²) < 4.78 is 0. The summed E-state index contributed by atoms with van der Waals surface area (Å²) >= 11 is 5.86. The highest BCUT2D eigenvalue weighted by Gasteiger charge is 2.14. The van der Waals surface area contributed by atoms with Crippen LogP contribution in [0.5, 0.6) is 0 Å². The molecule has 11 heavy (non-hydrogen) atoms. The fourth-order valence-electron chi connectivity index (χ4n) is 1.05. The Morgan fingerprint density at radius 2 is 2.45 bits per heavy atom. The van der Waals surface area contributed by atoms with Crippen LogP contribution < -0.4 is 5.32 Å². The van der Waals surface area contributed by atoms with Crippen LogP contribution in [0.3, 0.4) is 0 Å². The summed E-state index contributed by atoms with van der Waals surface area (Å²) in [6.45, 7) is 1.96. The number of amides is 1. The van der Waals surface area contributed by atoms with Crippen molar-refractivity contribution >= 4 is 18.0 Å². The number of carbonyl (C=O) groups is 1. The van der Waals surface area contributed by atoms with Gasteiger partial charge in [-0.1, -0.05) is 30.7 Å². The van der Waals surface area contributed by atoms with Gasteiger partial charge in [-0.25, -0.2) is 0 Å². The van der Waals surface area contributed by atoms with E-state index in [-0.39, 0.29) is 5.92 Å². The first-order chi connectivity index (χ1) is 5.25. The lowest BCUT2D eigenvalue weighted by molar-refractivity contribution is -0.109. The maximum Gasteiger partial charge on any atom is 0.211 e. The SMILES string of the molecule is CC1C(Cl)=CCC=C1NC=O. The molecule has 1 aliphatic rings. The summed E-state index contributed by atoms with van der Waals surface area (Å²) in [6.07, 6.45) is 5.39. The first-order valence-electron chi connectivity index (χ1n) is 3.51. The number of halogens is 1. The summed E-state index contributed by atoms with van der Waals surface area (Å²) in [7, 11) is 0. The Morgan fingerprint density at radius 3 is 3.09 bits per heavy atom. The third-order valence-corrected chi connectivity index (χ3v) is 2.24. The molecule has 1 amide bonds.